The Balaban J connectivity index is 1.81. The zero-order valence-corrected chi connectivity index (χ0v) is 15.8. The molecule has 2 aromatic carbocycles. The van der Waals surface area contributed by atoms with Gasteiger partial charge >= 0.3 is 0 Å². The summed E-state index contributed by atoms with van der Waals surface area (Å²) in [5.74, 6) is 1.27. The Labute approximate surface area is 159 Å². The van der Waals surface area contributed by atoms with E-state index in [2.05, 4.69) is 29.6 Å². The van der Waals surface area contributed by atoms with Crippen molar-refractivity contribution >= 4 is 23.7 Å². The molecular weight excluding hydrogens is 352 g/mol. The first kappa shape index (κ1) is 19.8. The van der Waals surface area contributed by atoms with Gasteiger partial charge in [0.2, 0.25) is 5.91 Å². The van der Waals surface area contributed by atoms with Crippen molar-refractivity contribution in [1.29, 1.82) is 0 Å². The lowest BCUT2D eigenvalue weighted by Gasteiger charge is -2.10. The second kappa shape index (κ2) is 10.5. The molecule has 26 heavy (non-hydrogen) atoms. The van der Waals surface area contributed by atoms with Crippen LogP contribution in [0.4, 0.5) is 0 Å². The second-order valence-electron chi connectivity index (χ2n) is 5.66. The molecule has 0 aromatic heterocycles. The molecule has 0 unspecified atom stereocenters. The number of carbonyl (C=O) groups is 1. The van der Waals surface area contributed by atoms with Gasteiger partial charge < -0.3 is 9.47 Å². The second-order valence-corrected chi connectivity index (χ2v) is 6.09. The number of hydrogen-bond acceptors (Lipinski definition) is 4. The van der Waals surface area contributed by atoms with Gasteiger partial charge in [-0.05, 0) is 42.3 Å². The highest BCUT2D eigenvalue weighted by molar-refractivity contribution is 6.30. The number of nitrogens with zero attached hydrogens (tertiary/aromatic N) is 1. The molecule has 138 valence electrons. The third-order valence-corrected chi connectivity index (χ3v) is 3.78. The first-order valence-corrected chi connectivity index (χ1v) is 8.90. The Bertz CT molecular complexity index is 745. The molecule has 0 aliphatic carbocycles. The molecule has 0 saturated carbocycles. The van der Waals surface area contributed by atoms with Crippen molar-refractivity contribution in [3.05, 3.63) is 58.6 Å². The van der Waals surface area contributed by atoms with E-state index in [1.54, 1.807) is 18.2 Å². The van der Waals surface area contributed by atoms with Crippen LogP contribution in [0.5, 0.6) is 11.5 Å². The zero-order valence-electron chi connectivity index (χ0n) is 15.0. The van der Waals surface area contributed by atoms with Gasteiger partial charge in [0.15, 0.2) is 0 Å². The maximum absolute atomic E-state index is 10.9. The van der Waals surface area contributed by atoms with Gasteiger partial charge in [0.05, 0.1) is 19.4 Å². The van der Waals surface area contributed by atoms with Gasteiger partial charge in [0, 0.05) is 23.9 Å². The summed E-state index contributed by atoms with van der Waals surface area (Å²) in [5.41, 5.74) is 4.34. The summed E-state index contributed by atoms with van der Waals surface area (Å²) in [6.07, 6.45) is 3.26. The molecule has 2 aromatic rings. The summed E-state index contributed by atoms with van der Waals surface area (Å²) < 4.78 is 11.5. The van der Waals surface area contributed by atoms with E-state index in [1.165, 1.54) is 18.7 Å². The topological polar surface area (TPSA) is 59.9 Å². The van der Waals surface area contributed by atoms with Crippen LogP contribution in [0.3, 0.4) is 0 Å². The van der Waals surface area contributed by atoms with Crippen molar-refractivity contribution in [2.75, 3.05) is 13.2 Å². The molecule has 0 aliphatic heterocycles. The van der Waals surface area contributed by atoms with E-state index in [9.17, 15) is 4.79 Å². The van der Waals surface area contributed by atoms with E-state index in [0.717, 1.165) is 18.6 Å². The van der Waals surface area contributed by atoms with Crippen LogP contribution in [-0.4, -0.2) is 25.3 Å². The van der Waals surface area contributed by atoms with Crippen molar-refractivity contribution in [3.63, 3.8) is 0 Å². The summed E-state index contributed by atoms with van der Waals surface area (Å²) in [7, 11) is 0. The summed E-state index contributed by atoms with van der Waals surface area (Å²) in [5, 5.41) is 4.42. The highest BCUT2D eigenvalue weighted by atomic mass is 35.5. The van der Waals surface area contributed by atoms with Gasteiger partial charge in [-0.2, -0.15) is 5.10 Å². The molecule has 0 saturated heterocycles. The van der Waals surface area contributed by atoms with Crippen LogP contribution < -0.4 is 14.9 Å². The number of ether oxygens (including phenoxy) is 2. The van der Waals surface area contributed by atoms with Crippen LogP contribution in [0, 0.1) is 0 Å². The average molecular weight is 375 g/mol. The lowest BCUT2D eigenvalue weighted by Crippen LogP contribution is -2.12. The number of halogens is 1. The van der Waals surface area contributed by atoms with Crippen LogP contribution in [0.25, 0.3) is 0 Å². The highest BCUT2D eigenvalue weighted by Gasteiger charge is 2.03. The number of hydrogen-bond donors (Lipinski definition) is 1. The molecule has 0 heterocycles. The van der Waals surface area contributed by atoms with Gasteiger partial charge in [-0.15, -0.1) is 0 Å². The van der Waals surface area contributed by atoms with Crippen molar-refractivity contribution < 1.29 is 14.3 Å². The van der Waals surface area contributed by atoms with Gasteiger partial charge in [-0.1, -0.05) is 30.7 Å². The van der Waals surface area contributed by atoms with E-state index in [1.807, 2.05) is 12.1 Å². The third-order valence-electron chi connectivity index (χ3n) is 3.54. The molecule has 0 spiro atoms. The van der Waals surface area contributed by atoms with Crippen molar-refractivity contribution in [1.82, 2.24) is 5.43 Å². The number of benzene rings is 2. The Kier molecular flexibility index (Phi) is 7.96. The number of hydrazone groups is 1. The van der Waals surface area contributed by atoms with Crippen LogP contribution in [0.2, 0.25) is 5.02 Å². The predicted molar refractivity (Wildman–Crippen MR) is 104 cm³/mol. The monoisotopic (exact) mass is 374 g/mol. The Morgan fingerprint density at radius 1 is 1.15 bits per heavy atom. The Hall–Kier alpha value is -2.53. The number of aryl methyl sites for hydroxylation is 1. The van der Waals surface area contributed by atoms with Crippen molar-refractivity contribution in [3.8, 4) is 11.5 Å². The maximum Gasteiger partial charge on any atom is 0.236 e. The van der Waals surface area contributed by atoms with E-state index in [4.69, 9.17) is 21.1 Å². The summed E-state index contributed by atoms with van der Waals surface area (Å²) in [6, 6.07) is 13.4. The van der Waals surface area contributed by atoms with Crippen LogP contribution >= 0.6 is 11.6 Å². The number of carbonyl (C=O) groups excluding carboxylic acids is 1. The average Bonchev–Trinajstić information content (AvgIpc) is 2.63. The standard InChI is InChI=1S/C20H23ClN2O3/c1-3-16-5-8-19(9-6-16)25-11-4-12-26-20-10-7-18(21)13-17(20)14-22-23-15(2)24/h5-10,13-14H,3-4,11-12H2,1-2H3,(H,23,24)/b22-14-. The first-order chi connectivity index (χ1) is 12.6. The Morgan fingerprint density at radius 2 is 1.88 bits per heavy atom. The van der Waals surface area contributed by atoms with Crippen LogP contribution in [-0.2, 0) is 11.2 Å². The molecular formula is C20H23ClN2O3. The third kappa shape index (κ3) is 6.76. The molecule has 6 heteroatoms. The molecule has 0 atom stereocenters. The fraction of sp³-hybridized carbons (Fsp3) is 0.300. The van der Waals surface area contributed by atoms with Gasteiger partial charge in [0.25, 0.3) is 0 Å². The summed E-state index contributed by atoms with van der Waals surface area (Å²) in [4.78, 5) is 10.9. The lowest BCUT2D eigenvalue weighted by molar-refractivity contribution is -0.118. The molecule has 5 nitrogen and oxygen atoms in total. The molecule has 1 N–H and O–H groups in total. The van der Waals surface area contributed by atoms with Crippen molar-refractivity contribution in [2.24, 2.45) is 5.10 Å². The Morgan fingerprint density at radius 3 is 2.58 bits per heavy atom. The van der Waals surface area contributed by atoms with E-state index in [0.29, 0.717) is 29.5 Å². The quantitative estimate of drug-likeness (QED) is 0.406. The number of rotatable bonds is 9. The normalized spacial score (nSPS) is 10.7. The fourth-order valence-electron chi connectivity index (χ4n) is 2.20. The van der Waals surface area contributed by atoms with Gasteiger partial charge in [-0.25, -0.2) is 5.43 Å². The molecule has 0 aliphatic rings. The fourth-order valence-corrected chi connectivity index (χ4v) is 2.38. The predicted octanol–water partition coefficient (Wildman–Crippen LogP) is 4.22. The number of amides is 1. The molecule has 0 bridgehead atoms. The minimum Gasteiger partial charge on any atom is -0.493 e. The van der Waals surface area contributed by atoms with Gasteiger partial charge in [0.1, 0.15) is 11.5 Å². The largest absolute Gasteiger partial charge is 0.493 e. The van der Waals surface area contributed by atoms with Crippen molar-refractivity contribution in [2.45, 2.75) is 26.7 Å². The van der Waals surface area contributed by atoms with Crippen LogP contribution in [0.15, 0.2) is 47.6 Å². The molecule has 0 radical (unpaired) electrons. The van der Waals surface area contributed by atoms with Crippen LogP contribution in [0.1, 0.15) is 31.4 Å². The maximum atomic E-state index is 10.9. The smallest absolute Gasteiger partial charge is 0.236 e. The van der Waals surface area contributed by atoms with Gasteiger partial charge in [-0.3, -0.25) is 4.79 Å². The minimum atomic E-state index is -0.241. The molecule has 1 amide bonds. The first-order valence-electron chi connectivity index (χ1n) is 8.52. The SMILES string of the molecule is CCc1ccc(OCCCOc2ccc(Cl)cc2/C=N\NC(C)=O)cc1. The summed E-state index contributed by atoms with van der Waals surface area (Å²) in [6.45, 7) is 4.58. The number of nitrogens with one attached hydrogen (secondary N) is 1. The highest BCUT2D eigenvalue weighted by Crippen LogP contribution is 2.21. The molecule has 2 rings (SSSR count). The van der Waals surface area contributed by atoms with E-state index < -0.39 is 0 Å². The lowest BCUT2D eigenvalue weighted by atomic mass is 10.2. The zero-order chi connectivity index (χ0) is 18.8. The van der Waals surface area contributed by atoms with E-state index >= 15 is 0 Å². The minimum absolute atomic E-state index is 0.241. The summed E-state index contributed by atoms with van der Waals surface area (Å²) >= 11 is 6.01. The molecule has 0 fully saturated rings. The van der Waals surface area contributed by atoms with E-state index in [-0.39, 0.29) is 5.91 Å².